The van der Waals surface area contributed by atoms with Gasteiger partial charge in [-0.3, -0.25) is 0 Å². The Labute approximate surface area is 103 Å². The highest BCUT2D eigenvalue weighted by Gasteiger charge is 2.29. The molecule has 1 aliphatic rings. The molecule has 3 nitrogen and oxygen atoms in total. The van der Waals surface area contributed by atoms with E-state index in [4.69, 9.17) is 11.0 Å². The zero-order valence-corrected chi connectivity index (χ0v) is 10.3. The molecule has 0 saturated heterocycles. The largest absolute Gasteiger partial charge is 0.397 e. The zero-order valence-electron chi connectivity index (χ0n) is 10.3. The van der Waals surface area contributed by atoms with Crippen molar-refractivity contribution in [2.45, 2.75) is 38.6 Å². The van der Waals surface area contributed by atoms with Crippen LogP contribution in [0.25, 0.3) is 0 Å². The number of benzene rings is 1. The van der Waals surface area contributed by atoms with Gasteiger partial charge in [0.05, 0.1) is 23.0 Å². The molecule has 0 heterocycles. The van der Waals surface area contributed by atoms with Crippen LogP contribution >= 0.6 is 0 Å². The lowest BCUT2D eigenvalue weighted by molar-refractivity contribution is 0.714. The molecule has 0 amide bonds. The highest BCUT2D eigenvalue weighted by molar-refractivity contribution is 5.70. The van der Waals surface area contributed by atoms with Gasteiger partial charge in [-0.2, -0.15) is 5.26 Å². The Balaban J connectivity index is 2.20. The third-order valence-electron chi connectivity index (χ3n) is 3.21. The summed E-state index contributed by atoms with van der Waals surface area (Å²) in [5.41, 5.74) is 8.50. The van der Waals surface area contributed by atoms with Gasteiger partial charge in [-0.05, 0) is 37.5 Å². The number of hydrogen-bond acceptors (Lipinski definition) is 3. The van der Waals surface area contributed by atoms with Gasteiger partial charge in [-0.25, -0.2) is 0 Å². The van der Waals surface area contributed by atoms with Crippen LogP contribution in [0.4, 0.5) is 11.4 Å². The smallest absolute Gasteiger partial charge is 0.0992 e. The standard InChI is InChI=1S/C14H19N3/c1-2-3-8-17(12-5-6-12)14-7-4-11(10-15)9-13(14)16/h4,7,9,12H,2-3,5-6,8,16H2,1H3. The van der Waals surface area contributed by atoms with Crippen molar-refractivity contribution in [2.24, 2.45) is 0 Å². The summed E-state index contributed by atoms with van der Waals surface area (Å²) >= 11 is 0. The van der Waals surface area contributed by atoms with Crippen LogP contribution in [0, 0.1) is 11.3 Å². The van der Waals surface area contributed by atoms with Gasteiger partial charge >= 0.3 is 0 Å². The highest BCUT2D eigenvalue weighted by atomic mass is 15.2. The molecular formula is C14H19N3. The maximum absolute atomic E-state index is 8.84. The molecule has 0 aromatic heterocycles. The molecule has 1 aromatic carbocycles. The molecule has 0 unspecified atom stereocenters. The minimum Gasteiger partial charge on any atom is -0.397 e. The summed E-state index contributed by atoms with van der Waals surface area (Å²) in [5.74, 6) is 0. The third kappa shape index (κ3) is 2.71. The number of nitrogens with two attached hydrogens (primary N) is 1. The second kappa shape index (κ2) is 5.09. The quantitative estimate of drug-likeness (QED) is 0.790. The molecule has 3 heteroatoms. The SMILES string of the molecule is CCCCN(c1ccc(C#N)cc1N)C1CC1. The lowest BCUT2D eigenvalue weighted by Crippen LogP contribution is -2.27. The first kappa shape index (κ1) is 11.8. The zero-order chi connectivity index (χ0) is 12.3. The van der Waals surface area contributed by atoms with E-state index in [1.165, 1.54) is 25.7 Å². The van der Waals surface area contributed by atoms with Crippen LogP contribution in [0.3, 0.4) is 0 Å². The summed E-state index contributed by atoms with van der Waals surface area (Å²) in [6.45, 7) is 3.27. The van der Waals surface area contributed by atoms with Crippen molar-refractivity contribution in [1.82, 2.24) is 0 Å². The van der Waals surface area contributed by atoms with Gasteiger partial charge in [0.1, 0.15) is 0 Å². The summed E-state index contributed by atoms with van der Waals surface area (Å²) in [5, 5.41) is 8.84. The van der Waals surface area contributed by atoms with Crippen molar-refractivity contribution in [3.05, 3.63) is 23.8 Å². The van der Waals surface area contributed by atoms with Crippen molar-refractivity contribution >= 4 is 11.4 Å². The molecule has 0 bridgehead atoms. The lowest BCUT2D eigenvalue weighted by Gasteiger charge is -2.26. The van der Waals surface area contributed by atoms with E-state index in [2.05, 4.69) is 17.9 Å². The first-order valence-electron chi connectivity index (χ1n) is 6.32. The molecule has 1 saturated carbocycles. The van der Waals surface area contributed by atoms with E-state index < -0.39 is 0 Å². The van der Waals surface area contributed by atoms with E-state index in [9.17, 15) is 0 Å². The molecule has 1 fully saturated rings. The monoisotopic (exact) mass is 229 g/mol. The van der Waals surface area contributed by atoms with Crippen LogP contribution in [0.1, 0.15) is 38.2 Å². The van der Waals surface area contributed by atoms with Crippen LogP contribution < -0.4 is 10.6 Å². The minimum atomic E-state index is 0.637. The van der Waals surface area contributed by atoms with E-state index in [1.807, 2.05) is 12.1 Å². The topological polar surface area (TPSA) is 53.0 Å². The first-order valence-corrected chi connectivity index (χ1v) is 6.32. The lowest BCUT2D eigenvalue weighted by atomic mass is 10.1. The van der Waals surface area contributed by atoms with Crippen molar-refractivity contribution in [3.63, 3.8) is 0 Å². The molecule has 1 aromatic rings. The summed E-state index contributed by atoms with van der Waals surface area (Å²) in [4.78, 5) is 2.40. The second-order valence-corrected chi connectivity index (χ2v) is 4.66. The van der Waals surface area contributed by atoms with E-state index in [0.717, 1.165) is 17.9 Å². The Kier molecular flexibility index (Phi) is 3.53. The fraction of sp³-hybridized carbons (Fsp3) is 0.500. The van der Waals surface area contributed by atoms with Crippen LogP contribution in [-0.4, -0.2) is 12.6 Å². The molecule has 17 heavy (non-hydrogen) atoms. The number of unbranched alkanes of at least 4 members (excludes halogenated alkanes) is 1. The predicted octanol–water partition coefficient (Wildman–Crippen LogP) is 2.91. The number of nitrogens with zero attached hydrogens (tertiary/aromatic N) is 2. The van der Waals surface area contributed by atoms with Crippen molar-refractivity contribution < 1.29 is 0 Å². The Morgan fingerprint density at radius 2 is 2.24 bits per heavy atom. The molecule has 0 aliphatic heterocycles. The average molecular weight is 229 g/mol. The normalized spacial score (nSPS) is 14.4. The fourth-order valence-corrected chi connectivity index (χ4v) is 2.10. The third-order valence-corrected chi connectivity index (χ3v) is 3.21. The maximum atomic E-state index is 8.84. The van der Waals surface area contributed by atoms with Gasteiger partial charge in [-0.1, -0.05) is 13.3 Å². The Morgan fingerprint density at radius 3 is 2.76 bits per heavy atom. The molecule has 0 spiro atoms. The molecule has 90 valence electrons. The van der Waals surface area contributed by atoms with Crippen LogP contribution in [0.15, 0.2) is 18.2 Å². The molecular weight excluding hydrogens is 210 g/mol. The number of anilines is 2. The first-order chi connectivity index (χ1) is 8.26. The predicted molar refractivity (Wildman–Crippen MR) is 70.8 cm³/mol. The highest BCUT2D eigenvalue weighted by Crippen LogP contribution is 2.35. The average Bonchev–Trinajstić information content (AvgIpc) is 3.15. The molecule has 0 radical (unpaired) electrons. The maximum Gasteiger partial charge on any atom is 0.0992 e. The number of hydrogen-bond donors (Lipinski definition) is 1. The molecule has 2 N–H and O–H groups in total. The fourth-order valence-electron chi connectivity index (χ4n) is 2.10. The van der Waals surface area contributed by atoms with Gasteiger partial charge in [-0.15, -0.1) is 0 Å². The van der Waals surface area contributed by atoms with Crippen molar-refractivity contribution in [3.8, 4) is 6.07 Å². The van der Waals surface area contributed by atoms with Crippen molar-refractivity contribution in [2.75, 3.05) is 17.2 Å². The van der Waals surface area contributed by atoms with E-state index in [1.54, 1.807) is 6.07 Å². The molecule has 1 aliphatic carbocycles. The van der Waals surface area contributed by atoms with Gasteiger partial charge in [0.2, 0.25) is 0 Å². The second-order valence-electron chi connectivity index (χ2n) is 4.66. The Morgan fingerprint density at radius 1 is 1.47 bits per heavy atom. The molecule has 2 rings (SSSR count). The van der Waals surface area contributed by atoms with Crippen LogP contribution in [0.5, 0.6) is 0 Å². The number of nitriles is 1. The van der Waals surface area contributed by atoms with Gasteiger partial charge in [0, 0.05) is 12.6 Å². The van der Waals surface area contributed by atoms with Crippen LogP contribution in [0.2, 0.25) is 0 Å². The Bertz CT molecular complexity index is 430. The van der Waals surface area contributed by atoms with E-state index in [-0.39, 0.29) is 0 Å². The summed E-state index contributed by atoms with van der Waals surface area (Å²) < 4.78 is 0. The summed E-state index contributed by atoms with van der Waals surface area (Å²) in [7, 11) is 0. The summed E-state index contributed by atoms with van der Waals surface area (Å²) in [6, 6.07) is 8.40. The van der Waals surface area contributed by atoms with E-state index >= 15 is 0 Å². The summed E-state index contributed by atoms with van der Waals surface area (Å²) in [6.07, 6.45) is 4.92. The number of rotatable bonds is 5. The number of nitrogen functional groups attached to an aromatic ring is 1. The van der Waals surface area contributed by atoms with E-state index in [0.29, 0.717) is 11.6 Å². The molecule has 0 atom stereocenters. The Hall–Kier alpha value is -1.69. The van der Waals surface area contributed by atoms with Gasteiger partial charge < -0.3 is 10.6 Å². The van der Waals surface area contributed by atoms with Gasteiger partial charge in [0.25, 0.3) is 0 Å². The minimum absolute atomic E-state index is 0.637. The van der Waals surface area contributed by atoms with Crippen molar-refractivity contribution in [1.29, 1.82) is 5.26 Å². The van der Waals surface area contributed by atoms with Gasteiger partial charge in [0.15, 0.2) is 0 Å². The van der Waals surface area contributed by atoms with Crippen LogP contribution in [-0.2, 0) is 0 Å².